The lowest BCUT2D eigenvalue weighted by Crippen LogP contribution is -2.38. The van der Waals surface area contributed by atoms with Crippen LogP contribution in [0, 0.1) is 11.8 Å². The third-order valence-corrected chi connectivity index (χ3v) is 12.4. The average Bonchev–Trinajstić information content (AvgIpc) is 2.74. The van der Waals surface area contributed by atoms with Gasteiger partial charge in [-0.1, -0.05) is 117 Å². The maximum atomic E-state index is 13.4. The molecule has 0 N–H and O–H groups in total. The first kappa shape index (κ1) is 19.3. The van der Waals surface area contributed by atoms with Gasteiger partial charge in [0.1, 0.15) is 5.78 Å². The van der Waals surface area contributed by atoms with Crippen LogP contribution in [0.15, 0.2) is 91.0 Å². The van der Waals surface area contributed by atoms with Crippen molar-refractivity contribution >= 4 is 28.9 Å². The van der Waals surface area contributed by atoms with E-state index in [0.717, 1.165) is 0 Å². The zero-order valence-electron chi connectivity index (χ0n) is 16.2. The lowest BCUT2D eigenvalue weighted by Gasteiger charge is -2.48. The van der Waals surface area contributed by atoms with E-state index in [4.69, 9.17) is 11.8 Å². The van der Waals surface area contributed by atoms with Gasteiger partial charge in [0.2, 0.25) is 0 Å². The fourth-order valence-corrected chi connectivity index (χ4v) is 11.5. The molecule has 3 heteroatoms. The van der Waals surface area contributed by atoms with Crippen molar-refractivity contribution < 1.29 is 4.79 Å². The third kappa shape index (κ3) is 3.09. The van der Waals surface area contributed by atoms with Gasteiger partial charge in [0, 0.05) is 23.2 Å². The Balaban J connectivity index is 2.01. The van der Waals surface area contributed by atoms with E-state index in [1.807, 2.05) is 18.2 Å². The molecule has 0 spiro atoms. The van der Waals surface area contributed by atoms with Gasteiger partial charge in [-0.05, 0) is 22.5 Å². The first-order valence-electron chi connectivity index (χ1n) is 9.83. The van der Waals surface area contributed by atoms with Crippen LogP contribution < -0.4 is 5.30 Å². The topological polar surface area (TPSA) is 17.1 Å². The first-order chi connectivity index (χ1) is 13.5. The summed E-state index contributed by atoms with van der Waals surface area (Å²) < 4.78 is 0. The number of carbonyl (C=O) groups excluding carboxylic acids is 1. The van der Waals surface area contributed by atoms with Gasteiger partial charge in [-0.2, -0.15) is 0 Å². The molecule has 0 radical (unpaired) electrons. The molecule has 4 rings (SSSR count). The maximum Gasteiger partial charge on any atom is 0.140 e. The molecule has 28 heavy (non-hydrogen) atoms. The predicted molar refractivity (Wildman–Crippen MR) is 122 cm³/mol. The molecular formula is C25H25OPS. The second-order valence-electron chi connectivity index (χ2n) is 7.74. The highest BCUT2D eigenvalue weighted by atomic mass is 32.4. The van der Waals surface area contributed by atoms with Crippen molar-refractivity contribution in [1.82, 2.24) is 0 Å². The average molecular weight is 405 g/mol. The molecule has 1 heterocycles. The van der Waals surface area contributed by atoms with Crippen molar-refractivity contribution in [2.45, 2.75) is 25.2 Å². The van der Waals surface area contributed by atoms with Crippen LogP contribution in [0.25, 0.3) is 0 Å². The van der Waals surface area contributed by atoms with Gasteiger partial charge in [-0.25, -0.2) is 0 Å². The van der Waals surface area contributed by atoms with Crippen LogP contribution in [0.3, 0.4) is 0 Å². The highest BCUT2D eigenvalue weighted by Crippen LogP contribution is 2.75. The van der Waals surface area contributed by atoms with Crippen molar-refractivity contribution in [2.75, 3.05) is 0 Å². The standard InChI is InChI=1S/C25H25OPS/c1-18-23(26)19(2)25(21-14-8-4-9-15-21)27(28,22-16-10-5-11-17-22)24(18)20-12-6-3-7-13-20/h3-19,24-25H,1-2H3/t18?,19?,24-,25+,27?. The van der Waals surface area contributed by atoms with E-state index in [1.54, 1.807) is 0 Å². The summed E-state index contributed by atoms with van der Waals surface area (Å²) in [6.07, 6.45) is 0. The Morgan fingerprint density at radius 1 is 0.643 bits per heavy atom. The molecule has 0 saturated carbocycles. The van der Waals surface area contributed by atoms with Gasteiger partial charge in [0.15, 0.2) is 0 Å². The van der Waals surface area contributed by atoms with Gasteiger partial charge in [-0.3, -0.25) is 4.79 Å². The molecule has 1 aliphatic heterocycles. The van der Waals surface area contributed by atoms with Crippen molar-refractivity contribution in [2.24, 2.45) is 11.8 Å². The highest BCUT2D eigenvalue weighted by Gasteiger charge is 2.52. The van der Waals surface area contributed by atoms with E-state index in [9.17, 15) is 4.79 Å². The summed E-state index contributed by atoms with van der Waals surface area (Å²) in [5.74, 6) is 0.172. The van der Waals surface area contributed by atoms with Gasteiger partial charge in [0.25, 0.3) is 0 Å². The van der Waals surface area contributed by atoms with Crippen molar-refractivity contribution in [1.29, 1.82) is 0 Å². The number of Topliss-reactive ketones (excluding diaryl/α,β-unsaturated/α-hetero) is 1. The van der Waals surface area contributed by atoms with Crippen LogP contribution >= 0.6 is 6.04 Å². The summed E-state index contributed by atoms with van der Waals surface area (Å²) in [5.41, 5.74) is 2.51. The number of carbonyl (C=O) groups is 1. The molecule has 0 amide bonds. The zero-order valence-corrected chi connectivity index (χ0v) is 17.9. The fraction of sp³-hybridized carbons (Fsp3) is 0.240. The maximum absolute atomic E-state index is 13.4. The monoisotopic (exact) mass is 404 g/mol. The number of hydrogen-bond donors (Lipinski definition) is 0. The van der Waals surface area contributed by atoms with Crippen molar-refractivity contribution in [3.05, 3.63) is 102 Å². The van der Waals surface area contributed by atoms with E-state index in [2.05, 4.69) is 86.6 Å². The molecule has 1 aliphatic rings. The summed E-state index contributed by atoms with van der Waals surface area (Å²) in [7, 11) is 0. The number of ketones is 1. The van der Waals surface area contributed by atoms with Gasteiger partial charge in [0.05, 0.1) is 0 Å². The number of rotatable bonds is 3. The molecule has 3 aromatic carbocycles. The van der Waals surface area contributed by atoms with Crippen LogP contribution in [0.5, 0.6) is 0 Å². The number of benzene rings is 3. The van der Waals surface area contributed by atoms with Crippen molar-refractivity contribution in [3.8, 4) is 0 Å². The number of hydrogen-bond acceptors (Lipinski definition) is 2. The Morgan fingerprint density at radius 2 is 1.00 bits per heavy atom. The van der Waals surface area contributed by atoms with E-state index in [0.29, 0.717) is 5.78 Å². The molecule has 0 bridgehead atoms. The van der Waals surface area contributed by atoms with Gasteiger partial charge < -0.3 is 0 Å². The van der Waals surface area contributed by atoms with E-state index >= 15 is 0 Å². The van der Waals surface area contributed by atoms with E-state index in [-0.39, 0.29) is 23.2 Å². The molecule has 5 atom stereocenters. The van der Waals surface area contributed by atoms with Crippen LogP contribution in [0.2, 0.25) is 0 Å². The molecule has 3 aromatic rings. The zero-order chi connectivity index (χ0) is 19.7. The Bertz CT molecular complexity index is 941. The summed E-state index contributed by atoms with van der Waals surface area (Å²) in [6, 6.07) is 29.3. The summed E-state index contributed by atoms with van der Waals surface area (Å²) in [4.78, 5) is 13.4. The smallest absolute Gasteiger partial charge is 0.140 e. The minimum atomic E-state index is -2.17. The van der Waals surface area contributed by atoms with Gasteiger partial charge >= 0.3 is 0 Å². The van der Waals surface area contributed by atoms with E-state index < -0.39 is 6.04 Å². The molecule has 0 aromatic heterocycles. The largest absolute Gasteiger partial charge is 0.299 e. The Morgan fingerprint density at radius 3 is 1.39 bits per heavy atom. The minimum Gasteiger partial charge on any atom is -0.299 e. The summed E-state index contributed by atoms with van der Waals surface area (Å²) in [5, 5.41) is 1.24. The highest BCUT2D eigenvalue weighted by molar-refractivity contribution is 8.18. The molecular weight excluding hydrogens is 379 g/mol. The van der Waals surface area contributed by atoms with Gasteiger partial charge in [-0.15, -0.1) is 0 Å². The second kappa shape index (κ2) is 7.78. The van der Waals surface area contributed by atoms with Crippen LogP contribution in [-0.4, -0.2) is 5.78 Å². The molecule has 1 fully saturated rings. The Hall–Kier alpha value is -2.02. The lowest BCUT2D eigenvalue weighted by atomic mass is 9.85. The Kier molecular flexibility index (Phi) is 5.36. The molecule has 1 saturated heterocycles. The van der Waals surface area contributed by atoms with Crippen LogP contribution in [0.1, 0.15) is 36.3 Å². The lowest BCUT2D eigenvalue weighted by molar-refractivity contribution is -0.126. The quantitative estimate of drug-likeness (QED) is 0.489. The van der Waals surface area contributed by atoms with Crippen LogP contribution in [-0.2, 0) is 16.6 Å². The summed E-state index contributed by atoms with van der Waals surface area (Å²) >= 11 is 6.69. The van der Waals surface area contributed by atoms with E-state index in [1.165, 1.54) is 16.4 Å². The molecule has 3 unspecified atom stereocenters. The second-order valence-corrected chi connectivity index (χ2v) is 12.6. The normalized spacial score (nSPS) is 30.1. The minimum absolute atomic E-state index is 0.0556. The Labute approximate surface area is 172 Å². The molecule has 142 valence electrons. The SMILES string of the molecule is CC1C(=O)C(C)[C@H](c2ccccc2)P(=S)(c2ccccc2)[C@@H]1c1ccccc1. The predicted octanol–water partition coefficient (Wildman–Crippen LogP) is 6.13. The first-order valence-corrected chi connectivity index (χ1v) is 12.8. The fourth-order valence-electron chi connectivity index (χ4n) is 4.87. The third-order valence-electron chi connectivity index (χ3n) is 6.11. The molecule has 0 aliphatic carbocycles. The molecule has 1 nitrogen and oxygen atoms in total. The van der Waals surface area contributed by atoms with Crippen LogP contribution in [0.4, 0.5) is 0 Å². The summed E-state index contributed by atoms with van der Waals surface area (Å²) in [6.45, 7) is 4.17. The van der Waals surface area contributed by atoms with Crippen molar-refractivity contribution in [3.63, 3.8) is 0 Å².